The van der Waals surface area contributed by atoms with Crippen molar-refractivity contribution in [2.75, 3.05) is 65.5 Å². The molecule has 2 amide bonds. The second kappa shape index (κ2) is 10.5. The lowest BCUT2D eigenvalue weighted by Crippen LogP contribution is -2.52. The van der Waals surface area contributed by atoms with E-state index in [1.165, 1.54) is 11.3 Å². The molecule has 2 aliphatic heterocycles. The summed E-state index contributed by atoms with van der Waals surface area (Å²) in [5.41, 5.74) is 0. The molecule has 2 fully saturated rings. The number of nitrogens with zero attached hydrogens (tertiary/aromatic N) is 3. The first kappa shape index (κ1) is 22.2. The van der Waals surface area contributed by atoms with Crippen molar-refractivity contribution in [1.29, 1.82) is 0 Å². The number of piperazine rings is 1. The molecule has 1 aromatic heterocycles. The van der Waals surface area contributed by atoms with Crippen LogP contribution in [0.5, 0.6) is 0 Å². The van der Waals surface area contributed by atoms with Crippen LogP contribution in [0, 0.1) is 12.8 Å². The second-order valence-corrected chi connectivity index (χ2v) is 9.72. The SMILES string of the molecule is Cc1ccc(C(=O)N2CCN(CC(=O)NCC3CN(CC(C)C)CCO3)CC2)s1. The molecule has 1 unspecified atom stereocenters. The maximum Gasteiger partial charge on any atom is 0.264 e. The summed E-state index contributed by atoms with van der Waals surface area (Å²) in [5, 5.41) is 3.02. The molecule has 0 aliphatic carbocycles. The molecule has 0 saturated carbocycles. The first-order chi connectivity index (χ1) is 13.9. The number of carbonyl (C=O) groups excluding carboxylic acids is 2. The fraction of sp³-hybridized carbons (Fsp3) is 0.714. The monoisotopic (exact) mass is 422 g/mol. The topological polar surface area (TPSA) is 65.1 Å². The predicted octanol–water partition coefficient (Wildman–Crippen LogP) is 1.29. The van der Waals surface area contributed by atoms with Gasteiger partial charge >= 0.3 is 0 Å². The first-order valence-electron chi connectivity index (χ1n) is 10.6. The number of carbonyl (C=O) groups is 2. The van der Waals surface area contributed by atoms with E-state index >= 15 is 0 Å². The normalized spacial score (nSPS) is 21.5. The number of rotatable bonds is 7. The molecule has 3 rings (SSSR count). The Labute approximate surface area is 178 Å². The quantitative estimate of drug-likeness (QED) is 0.717. The highest BCUT2D eigenvalue weighted by molar-refractivity contribution is 7.13. The minimum absolute atomic E-state index is 0.0308. The van der Waals surface area contributed by atoms with E-state index < -0.39 is 0 Å². The molecule has 0 bridgehead atoms. The molecule has 3 heterocycles. The fourth-order valence-corrected chi connectivity index (χ4v) is 4.72. The molecular formula is C21H34N4O3S. The van der Waals surface area contributed by atoms with Crippen LogP contribution in [0.15, 0.2) is 12.1 Å². The lowest BCUT2D eigenvalue weighted by atomic mass is 10.2. The highest BCUT2D eigenvalue weighted by atomic mass is 32.1. The van der Waals surface area contributed by atoms with Crippen molar-refractivity contribution < 1.29 is 14.3 Å². The summed E-state index contributed by atoms with van der Waals surface area (Å²) in [6.45, 7) is 13.8. The fourth-order valence-electron chi connectivity index (χ4n) is 3.89. The molecule has 0 spiro atoms. The zero-order valence-corrected chi connectivity index (χ0v) is 18.7. The molecule has 2 aliphatic rings. The number of hydrogen-bond acceptors (Lipinski definition) is 6. The molecule has 2 saturated heterocycles. The van der Waals surface area contributed by atoms with E-state index in [1.807, 2.05) is 24.0 Å². The van der Waals surface area contributed by atoms with E-state index in [1.54, 1.807) is 0 Å². The van der Waals surface area contributed by atoms with E-state index in [0.717, 1.165) is 49.1 Å². The van der Waals surface area contributed by atoms with Crippen LogP contribution in [0.4, 0.5) is 0 Å². The second-order valence-electron chi connectivity index (χ2n) is 8.43. The van der Waals surface area contributed by atoms with Gasteiger partial charge < -0.3 is 15.0 Å². The first-order valence-corrected chi connectivity index (χ1v) is 11.4. The molecule has 0 aromatic carbocycles. The van der Waals surface area contributed by atoms with Gasteiger partial charge in [-0.3, -0.25) is 19.4 Å². The van der Waals surface area contributed by atoms with Gasteiger partial charge in [0.05, 0.1) is 24.1 Å². The van der Waals surface area contributed by atoms with Gasteiger partial charge in [0.2, 0.25) is 5.91 Å². The Morgan fingerprint density at radius 3 is 2.59 bits per heavy atom. The predicted molar refractivity (Wildman–Crippen MR) is 115 cm³/mol. The van der Waals surface area contributed by atoms with Gasteiger partial charge in [0.25, 0.3) is 5.91 Å². The van der Waals surface area contributed by atoms with Gasteiger partial charge in [0, 0.05) is 57.2 Å². The van der Waals surface area contributed by atoms with Gasteiger partial charge in [0.15, 0.2) is 0 Å². The third-order valence-corrected chi connectivity index (χ3v) is 6.34. The number of thiophene rings is 1. The summed E-state index contributed by atoms with van der Waals surface area (Å²) in [6.07, 6.45) is 0.0650. The van der Waals surface area contributed by atoms with Gasteiger partial charge in [-0.05, 0) is 25.0 Å². The Hall–Kier alpha value is -1.48. The zero-order valence-electron chi connectivity index (χ0n) is 17.9. The summed E-state index contributed by atoms with van der Waals surface area (Å²) in [4.78, 5) is 33.3. The number of nitrogens with one attached hydrogen (secondary N) is 1. The van der Waals surface area contributed by atoms with Gasteiger partial charge in [-0.25, -0.2) is 0 Å². The standard InChI is InChI=1S/C21H34N4O3S/c1-16(2)13-24-10-11-28-18(14-24)12-22-20(26)15-23-6-8-25(9-7-23)21(27)19-5-4-17(3)29-19/h4-5,16,18H,6-15H2,1-3H3,(H,22,26). The molecular weight excluding hydrogens is 388 g/mol. The summed E-state index contributed by atoms with van der Waals surface area (Å²) in [7, 11) is 0. The van der Waals surface area contributed by atoms with Crippen molar-refractivity contribution in [2.45, 2.75) is 26.9 Å². The maximum atomic E-state index is 12.5. The van der Waals surface area contributed by atoms with Crippen LogP contribution >= 0.6 is 11.3 Å². The lowest BCUT2D eigenvalue weighted by Gasteiger charge is -2.35. The largest absolute Gasteiger partial charge is 0.374 e. The molecule has 1 aromatic rings. The average molecular weight is 423 g/mol. The van der Waals surface area contributed by atoms with Crippen LogP contribution in [0.2, 0.25) is 0 Å². The zero-order chi connectivity index (χ0) is 20.8. The Morgan fingerprint density at radius 2 is 1.93 bits per heavy atom. The minimum atomic E-state index is 0.0308. The summed E-state index contributed by atoms with van der Waals surface area (Å²) >= 11 is 1.54. The highest BCUT2D eigenvalue weighted by Gasteiger charge is 2.25. The molecule has 1 N–H and O–H groups in total. The van der Waals surface area contributed by atoms with Crippen LogP contribution in [-0.2, 0) is 9.53 Å². The number of ether oxygens (including phenoxy) is 1. The minimum Gasteiger partial charge on any atom is -0.374 e. The number of morpholine rings is 1. The van der Waals surface area contributed by atoms with E-state index in [4.69, 9.17) is 4.74 Å². The Bertz CT molecular complexity index is 685. The summed E-state index contributed by atoms with van der Waals surface area (Å²) in [5.74, 6) is 0.772. The number of amides is 2. The highest BCUT2D eigenvalue weighted by Crippen LogP contribution is 2.18. The van der Waals surface area contributed by atoms with Gasteiger partial charge in [-0.2, -0.15) is 0 Å². The Kier molecular flexibility index (Phi) is 8.06. The van der Waals surface area contributed by atoms with Gasteiger partial charge in [-0.15, -0.1) is 11.3 Å². The van der Waals surface area contributed by atoms with Crippen molar-refractivity contribution in [1.82, 2.24) is 20.0 Å². The van der Waals surface area contributed by atoms with Crippen molar-refractivity contribution in [3.05, 3.63) is 21.9 Å². The van der Waals surface area contributed by atoms with Crippen molar-refractivity contribution in [3.63, 3.8) is 0 Å². The van der Waals surface area contributed by atoms with E-state index in [9.17, 15) is 9.59 Å². The average Bonchev–Trinajstić information content (AvgIpc) is 3.12. The molecule has 29 heavy (non-hydrogen) atoms. The lowest BCUT2D eigenvalue weighted by molar-refractivity contribution is -0.123. The van der Waals surface area contributed by atoms with Crippen LogP contribution in [-0.4, -0.2) is 98.1 Å². The Balaban J connectivity index is 1.35. The van der Waals surface area contributed by atoms with E-state index in [0.29, 0.717) is 32.1 Å². The van der Waals surface area contributed by atoms with Gasteiger partial charge in [-0.1, -0.05) is 13.8 Å². The number of aryl methyl sites for hydroxylation is 1. The Morgan fingerprint density at radius 1 is 1.17 bits per heavy atom. The molecule has 7 nitrogen and oxygen atoms in total. The van der Waals surface area contributed by atoms with Crippen LogP contribution in [0.3, 0.4) is 0 Å². The van der Waals surface area contributed by atoms with E-state index in [-0.39, 0.29) is 17.9 Å². The van der Waals surface area contributed by atoms with Crippen LogP contribution in [0.1, 0.15) is 28.4 Å². The van der Waals surface area contributed by atoms with Crippen molar-refractivity contribution in [3.8, 4) is 0 Å². The third kappa shape index (κ3) is 6.77. The van der Waals surface area contributed by atoms with Crippen LogP contribution < -0.4 is 5.32 Å². The summed E-state index contributed by atoms with van der Waals surface area (Å²) in [6, 6.07) is 3.88. The molecule has 162 valence electrons. The van der Waals surface area contributed by atoms with Gasteiger partial charge in [0.1, 0.15) is 0 Å². The smallest absolute Gasteiger partial charge is 0.264 e. The van der Waals surface area contributed by atoms with E-state index in [2.05, 4.69) is 29.0 Å². The maximum absolute atomic E-state index is 12.5. The van der Waals surface area contributed by atoms with Crippen molar-refractivity contribution >= 4 is 23.2 Å². The molecule has 8 heteroatoms. The molecule has 0 radical (unpaired) electrons. The van der Waals surface area contributed by atoms with Crippen LogP contribution in [0.25, 0.3) is 0 Å². The number of hydrogen-bond donors (Lipinski definition) is 1. The summed E-state index contributed by atoms with van der Waals surface area (Å²) < 4.78 is 5.80. The third-order valence-electron chi connectivity index (χ3n) is 5.35. The van der Waals surface area contributed by atoms with Crippen molar-refractivity contribution in [2.24, 2.45) is 5.92 Å². The molecule has 1 atom stereocenters.